The first-order chi connectivity index (χ1) is 15.5. The first kappa shape index (κ1) is 21.2. The summed E-state index contributed by atoms with van der Waals surface area (Å²) in [5, 5.41) is 3.85. The first-order valence-electron chi connectivity index (χ1n) is 10.4. The Balaban J connectivity index is 1.68. The van der Waals surface area contributed by atoms with E-state index in [0.29, 0.717) is 17.0 Å². The van der Waals surface area contributed by atoms with Crippen molar-refractivity contribution >= 4 is 22.6 Å². The number of rotatable bonds is 6. The van der Waals surface area contributed by atoms with Crippen molar-refractivity contribution in [3.8, 4) is 5.75 Å². The highest BCUT2D eigenvalue weighted by molar-refractivity contribution is 5.89. The van der Waals surface area contributed by atoms with Crippen LogP contribution in [0.15, 0.2) is 83.7 Å². The van der Waals surface area contributed by atoms with Crippen molar-refractivity contribution in [3.63, 3.8) is 0 Å². The average Bonchev–Trinajstić information content (AvgIpc) is 2.80. The Hall–Kier alpha value is -4.06. The number of urea groups is 1. The molecule has 0 unspecified atom stereocenters. The van der Waals surface area contributed by atoms with E-state index >= 15 is 0 Å². The number of para-hydroxylation sites is 2. The van der Waals surface area contributed by atoms with Gasteiger partial charge in [-0.1, -0.05) is 48.0 Å². The largest absolute Gasteiger partial charge is 0.496 e. The number of carbonyl (C=O) groups excluding carboxylic acids is 1. The molecule has 162 valence electrons. The van der Waals surface area contributed by atoms with Crippen LogP contribution in [0.2, 0.25) is 0 Å². The Morgan fingerprint density at radius 2 is 1.66 bits per heavy atom. The number of hydrogen-bond acceptors (Lipinski definition) is 3. The molecule has 0 aliphatic carbocycles. The Bertz CT molecular complexity index is 1300. The normalized spacial score (nSPS) is 10.7. The van der Waals surface area contributed by atoms with E-state index in [-0.39, 0.29) is 24.7 Å². The fraction of sp³-hybridized carbons (Fsp3) is 0.154. The van der Waals surface area contributed by atoms with Gasteiger partial charge in [0.05, 0.1) is 20.2 Å². The molecule has 0 atom stereocenters. The zero-order valence-corrected chi connectivity index (χ0v) is 18.1. The van der Waals surface area contributed by atoms with Gasteiger partial charge in [0.1, 0.15) is 5.75 Å². The molecule has 6 nitrogen and oxygen atoms in total. The molecule has 0 radical (unpaired) electrons. The van der Waals surface area contributed by atoms with Gasteiger partial charge >= 0.3 is 6.03 Å². The summed E-state index contributed by atoms with van der Waals surface area (Å²) in [5.74, 6) is 0.688. The van der Waals surface area contributed by atoms with Crippen molar-refractivity contribution in [2.75, 3.05) is 12.4 Å². The van der Waals surface area contributed by atoms with Gasteiger partial charge in [-0.15, -0.1) is 0 Å². The molecule has 0 fully saturated rings. The van der Waals surface area contributed by atoms with Gasteiger partial charge in [-0.3, -0.25) is 4.79 Å². The summed E-state index contributed by atoms with van der Waals surface area (Å²) in [6.07, 6.45) is 0. The number of pyridine rings is 1. The molecule has 2 amide bonds. The van der Waals surface area contributed by atoms with Crippen LogP contribution >= 0.6 is 0 Å². The Morgan fingerprint density at radius 3 is 2.44 bits per heavy atom. The second-order valence-electron chi connectivity index (χ2n) is 7.68. The van der Waals surface area contributed by atoms with Crippen LogP contribution in [0, 0.1) is 6.92 Å². The minimum atomic E-state index is -0.300. The molecule has 3 aromatic carbocycles. The molecule has 0 saturated carbocycles. The van der Waals surface area contributed by atoms with Crippen molar-refractivity contribution in [2.24, 2.45) is 0 Å². The number of H-pyrrole nitrogens is 1. The SMILES string of the molecule is COc1ccccc1CN(Cc1cc2cc(C)ccc2[nH]c1=O)C(=O)Nc1ccccc1. The molecule has 0 spiro atoms. The van der Waals surface area contributed by atoms with Gasteiger partial charge in [0.2, 0.25) is 0 Å². The third kappa shape index (κ3) is 4.81. The average molecular weight is 428 g/mol. The fourth-order valence-corrected chi connectivity index (χ4v) is 3.66. The van der Waals surface area contributed by atoms with Crippen LogP contribution in [0.5, 0.6) is 5.75 Å². The van der Waals surface area contributed by atoms with Crippen LogP contribution in [0.3, 0.4) is 0 Å². The van der Waals surface area contributed by atoms with Gasteiger partial charge < -0.3 is 19.9 Å². The highest BCUT2D eigenvalue weighted by atomic mass is 16.5. The summed E-state index contributed by atoms with van der Waals surface area (Å²) in [6.45, 7) is 2.44. The zero-order chi connectivity index (χ0) is 22.5. The molecule has 0 aliphatic heterocycles. The second kappa shape index (κ2) is 9.39. The molecule has 2 N–H and O–H groups in total. The number of anilines is 1. The molecule has 0 aliphatic rings. The van der Waals surface area contributed by atoms with Gasteiger partial charge in [0.15, 0.2) is 0 Å². The summed E-state index contributed by atoms with van der Waals surface area (Å²) in [6, 6.07) is 24.2. The quantitative estimate of drug-likeness (QED) is 0.451. The number of carbonyl (C=O) groups is 1. The highest BCUT2D eigenvalue weighted by Crippen LogP contribution is 2.21. The Morgan fingerprint density at radius 1 is 0.938 bits per heavy atom. The third-order valence-corrected chi connectivity index (χ3v) is 5.30. The number of ether oxygens (including phenoxy) is 1. The van der Waals surface area contributed by atoms with Crippen molar-refractivity contribution in [1.29, 1.82) is 0 Å². The van der Waals surface area contributed by atoms with Crippen LogP contribution in [0.25, 0.3) is 10.9 Å². The lowest BCUT2D eigenvalue weighted by molar-refractivity contribution is 0.205. The number of aryl methyl sites for hydroxylation is 1. The van der Waals surface area contributed by atoms with E-state index in [0.717, 1.165) is 22.0 Å². The number of aromatic nitrogens is 1. The molecule has 4 aromatic rings. The molecular formula is C26H25N3O3. The molecule has 0 bridgehead atoms. The minimum Gasteiger partial charge on any atom is -0.496 e. The summed E-state index contributed by atoms with van der Waals surface area (Å²) >= 11 is 0. The smallest absolute Gasteiger partial charge is 0.322 e. The molecule has 4 rings (SSSR count). The van der Waals surface area contributed by atoms with Gasteiger partial charge in [0, 0.05) is 22.3 Å². The number of hydrogen-bond donors (Lipinski definition) is 2. The maximum atomic E-state index is 13.2. The monoisotopic (exact) mass is 427 g/mol. The van der Waals surface area contributed by atoms with Crippen LogP contribution in [0.4, 0.5) is 10.5 Å². The standard InChI is InChI=1S/C26H25N3O3/c1-18-12-13-23-20(14-18)15-21(25(30)28-23)17-29(16-19-8-6-7-11-24(19)32-2)26(31)27-22-9-4-3-5-10-22/h3-15H,16-17H2,1-2H3,(H,27,31)(H,28,30). The van der Waals surface area contributed by atoms with Crippen LogP contribution in [-0.2, 0) is 13.1 Å². The maximum Gasteiger partial charge on any atom is 0.322 e. The second-order valence-corrected chi connectivity index (χ2v) is 7.68. The lowest BCUT2D eigenvalue weighted by Crippen LogP contribution is -2.35. The van der Waals surface area contributed by atoms with Crippen LogP contribution in [0.1, 0.15) is 16.7 Å². The topological polar surface area (TPSA) is 74.4 Å². The minimum absolute atomic E-state index is 0.149. The van der Waals surface area contributed by atoms with Gasteiger partial charge in [0.25, 0.3) is 5.56 Å². The predicted octanol–water partition coefficient (Wildman–Crippen LogP) is 5.08. The third-order valence-electron chi connectivity index (χ3n) is 5.30. The summed E-state index contributed by atoms with van der Waals surface area (Å²) < 4.78 is 5.46. The van der Waals surface area contributed by atoms with E-state index < -0.39 is 0 Å². The molecule has 1 heterocycles. The van der Waals surface area contributed by atoms with E-state index in [2.05, 4.69) is 10.3 Å². The van der Waals surface area contributed by atoms with E-state index in [1.807, 2.05) is 85.8 Å². The predicted molar refractivity (Wildman–Crippen MR) is 127 cm³/mol. The number of amides is 2. The van der Waals surface area contributed by atoms with Crippen molar-refractivity contribution in [1.82, 2.24) is 9.88 Å². The van der Waals surface area contributed by atoms with Crippen molar-refractivity contribution in [2.45, 2.75) is 20.0 Å². The summed E-state index contributed by atoms with van der Waals surface area (Å²) in [5.41, 5.74) is 3.72. The lowest BCUT2D eigenvalue weighted by Gasteiger charge is -2.24. The van der Waals surface area contributed by atoms with E-state index in [1.54, 1.807) is 12.0 Å². The van der Waals surface area contributed by atoms with Crippen LogP contribution < -0.4 is 15.6 Å². The number of aromatic amines is 1. The van der Waals surface area contributed by atoms with E-state index in [9.17, 15) is 9.59 Å². The first-order valence-corrected chi connectivity index (χ1v) is 10.4. The molecule has 6 heteroatoms. The lowest BCUT2D eigenvalue weighted by atomic mass is 10.1. The van der Waals surface area contributed by atoms with Gasteiger partial charge in [-0.2, -0.15) is 0 Å². The maximum absolute atomic E-state index is 13.2. The Kier molecular flexibility index (Phi) is 6.22. The van der Waals surface area contributed by atoms with E-state index in [1.165, 1.54) is 0 Å². The number of methoxy groups -OCH3 is 1. The number of nitrogens with one attached hydrogen (secondary N) is 2. The van der Waals surface area contributed by atoms with Gasteiger partial charge in [-0.25, -0.2) is 4.79 Å². The molecule has 0 saturated heterocycles. The number of nitrogens with zero attached hydrogens (tertiary/aromatic N) is 1. The highest BCUT2D eigenvalue weighted by Gasteiger charge is 2.19. The molecule has 1 aromatic heterocycles. The van der Waals surface area contributed by atoms with Gasteiger partial charge in [-0.05, 0) is 48.7 Å². The molecular weight excluding hydrogens is 402 g/mol. The molecule has 32 heavy (non-hydrogen) atoms. The van der Waals surface area contributed by atoms with Crippen LogP contribution in [-0.4, -0.2) is 23.0 Å². The number of fused-ring (bicyclic) bond motifs is 1. The van der Waals surface area contributed by atoms with Crippen molar-refractivity contribution in [3.05, 3.63) is 106 Å². The Labute approximate surface area is 186 Å². The summed E-state index contributed by atoms with van der Waals surface area (Å²) in [7, 11) is 1.60. The van der Waals surface area contributed by atoms with Crippen molar-refractivity contribution < 1.29 is 9.53 Å². The summed E-state index contributed by atoms with van der Waals surface area (Å²) in [4.78, 5) is 30.5. The van der Waals surface area contributed by atoms with E-state index in [4.69, 9.17) is 4.74 Å². The zero-order valence-electron chi connectivity index (χ0n) is 18.1. The fourth-order valence-electron chi connectivity index (χ4n) is 3.66. The number of benzene rings is 3.